The van der Waals surface area contributed by atoms with Crippen molar-refractivity contribution in [2.75, 3.05) is 0 Å². The second-order valence-electron chi connectivity index (χ2n) is 7.09. The van der Waals surface area contributed by atoms with Crippen LogP contribution in [-0.4, -0.2) is 0 Å². The van der Waals surface area contributed by atoms with E-state index in [1.165, 1.54) is 28.3 Å². The van der Waals surface area contributed by atoms with Crippen LogP contribution in [0.25, 0.3) is 10.8 Å². The topological polar surface area (TPSA) is 0 Å². The van der Waals surface area contributed by atoms with Crippen molar-refractivity contribution < 1.29 is 4.39 Å². The Kier molecular flexibility index (Phi) is 4.52. The van der Waals surface area contributed by atoms with Gasteiger partial charge in [0, 0.05) is 5.92 Å². The molecule has 0 aliphatic heterocycles. The molecule has 2 atom stereocenters. The molecule has 0 heterocycles. The first-order valence-corrected chi connectivity index (χ1v) is 9.52. The van der Waals surface area contributed by atoms with E-state index in [2.05, 4.69) is 43.3 Å². The fourth-order valence-electron chi connectivity index (χ4n) is 4.51. The molecule has 0 radical (unpaired) electrons. The van der Waals surface area contributed by atoms with E-state index in [9.17, 15) is 4.39 Å². The molecule has 0 aromatic heterocycles. The van der Waals surface area contributed by atoms with Gasteiger partial charge < -0.3 is 0 Å². The third kappa shape index (κ3) is 2.95. The first kappa shape index (κ1) is 16.6. The fourth-order valence-corrected chi connectivity index (χ4v) is 4.63. The minimum Gasteiger partial charge on any atom is -0.205 e. The van der Waals surface area contributed by atoms with Gasteiger partial charge in [-0.05, 0) is 64.8 Å². The molecular formula is C23H22ClF. The van der Waals surface area contributed by atoms with Crippen molar-refractivity contribution >= 4 is 22.4 Å². The van der Waals surface area contributed by atoms with Gasteiger partial charge in [0.2, 0.25) is 0 Å². The molecule has 1 aliphatic carbocycles. The summed E-state index contributed by atoms with van der Waals surface area (Å²) in [5.41, 5.74) is 3.85. The van der Waals surface area contributed by atoms with Gasteiger partial charge in [-0.25, -0.2) is 4.39 Å². The third-order valence-electron chi connectivity index (χ3n) is 5.61. The van der Waals surface area contributed by atoms with E-state index in [4.69, 9.17) is 11.6 Å². The summed E-state index contributed by atoms with van der Waals surface area (Å²) >= 11 is 5.92. The van der Waals surface area contributed by atoms with Gasteiger partial charge in [-0.3, -0.25) is 0 Å². The molecule has 0 spiro atoms. The van der Waals surface area contributed by atoms with Gasteiger partial charge in [0.25, 0.3) is 0 Å². The maximum atomic E-state index is 14.1. The Hall–Kier alpha value is -1.86. The smallest absolute Gasteiger partial charge is 0.142 e. The minimum atomic E-state index is -0.317. The highest BCUT2D eigenvalue weighted by atomic mass is 35.5. The second-order valence-corrected chi connectivity index (χ2v) is 7.50. The van der Waals surface area contributed by atoms with Gasteiger partial charge in [0.05, 0.1) is 5.02 Å². The first-order valence-electron chi connectivity index (χ1n) is 9.14. The Labute approximate surface area is 153 Å². The Morgan fingerprint density at radius 3 is 2.72 bits per heavy atom. The lowest BCUT2D eigenvalue weighted by molar-refractivity contribution is 0.379. The molecule has 4 rings (SSSR count). The van der Waals surface area contributed by atoms with E-state index in [0.717, 1.165) is 24.8 Å². The molecule has 25 heavy (non-hydrogen) atoms. The molecule has 0 saturated carbocycles. The van der Waals surface area contributed by atoms with Crippen molar-refractivity contribution in [1.82, 2.24) is 0 Å². The Morgan fingerprint density at radius 1 is 1.08 bits per heavy atom. The number of hydrogen-bond donors (Lipinski definition) is 0. The molecule has 0 unspecified atom stereocenters. The molecule has 0 saturated heterocycles. The van der Waals surface area contributed by atoms with Crippen molar-refractivity contribution in [2.45, 2.75) is 38.5 Å². The zero-order chi connectivity index (χ0) is 17.4. The van der Waals surface area contributed by atoms with Crippen LogP contribution in [0.5, 0.6) is 0 Å². The van der Waals surface area contributed by atoms with Crippen LogP contribution < -0.4 is 0 Å². The molecule has 0 bridgehead atoms. The van der Waals surface area contributed by atoms with E-state index < -0.39 is 0 Å². The maximum absolute atomic E-state index is 14.1. The number of benzene rings is 3. The number of aryl methyl sites for hydroxylation is 1. The van der Waals surface area contributed by atoms with Crippen molar-refractivity contribution in [1.29, 1.82) is 0 Å². The fraction of sp³-hybridized carbons (Fsp3) is 0.304. The summed E-state index contributed by atoms with van der Waals surface area (Å²) in [6, 6.07) is 18.4. The van der Waals surface area contributed by atoms with Gasteiger partial charge in [0.1, 0.15) is 5.82 Å². The molecule has 0 N–H and O–H groups in total. The van der Waals surface area contributed by atoms with Crippen LogP contribution >= 0.6 is 11.6 Å². The highest BCUT2D eigenvalue weighted by Crippen LogP contribution is 2.45. The summed E-state index contributed by atoms with van der Waals surface area (Å²) in [5, 5.41) is 2.83. The number of hydrogen-bond acceptors (Lipinski definition) is 0. The Morgan fingerprint density at radius 2 is 1.92 bits per heavy atom. The van der Waals surface area contributed by atoms with Gasteiger partial charge >= 0.3 is 0 Å². The molecule has 1 aliphatic rings. The third-order valence-corrected chi connectivity index (χ3v) is 5.92. The molecule has 0 fully saturated rings. The molecule has 2 heteroatoms. The lowest BCUT2D eigenvalue weighted by Gasteiger charge is -2.35. The molecule has 3 aromatic rings. The van der Waals surface area contributed by atoms with Gasteiger partial charge in [-0.2, -0.15) is 0 Å². The normalized spacial score (nSPS) is 19.8. The van der Waals surface area contributed by atoms with Crippen LogP contribution in [0.2, 0.25) is 5.02 Å². The van der Waals surface area contributed by atoms with Crippen LogP contribution in [-0.2, 0) is 6.42 Å². The number of rotatable bonds is 3. The summed E-state index contributed by atoms with van der Waals surface area (Å²) in [6.45, 7) is 2.23. The van der Waals surface area contributed by atoms with E-state index in [0.29, 0.717) is 5.92 Å². The SMILES string of the molecule is CCC[C@@H]1CCc2c(ccc3ccccc23)[C@H]1c1ccc(Cl)c(F)c1. The van der Waals surface area contributed by atoms with Gasteiger partial charge in [-0.1, -0.05) is 67.4 Å². The zero-order valence-corrected chi connectivity index (χ0v) is 15.2. The monoisotopic (exact) mass is 352 g/mol. The van der Waals surface area contributed by atoms with Crippen molar-refractivity contribution in [2.24, 2.45) is 5.92 Å². The van der Waals surface area contributed by atoms with E-state index in [-0.39, 0.29) is 16.8 Å². The molecule has 128 valence electrons. The maximum Gasteiger partial charge on any atom is 0.142 e. The predicted octanol–water partition coefficient (Wildman–Crippen LogP) is 7.13. The lowest BCUT2D eigenvalue weighted by atomic mass is 9.69. The number of halogens is 2. The van der Waals surface area contributed by atoms with Crippen LogP contribution in [0.4, 0.5) is 4.39 Å². The largest absolute Gasteiger partial charge is 0.205 e. The summed E-state index contributed by atoms with van der Waals surface area (Å²) in [5.74, 6) is 0.488. The summed E-state index contributed by atoms with van der Waals surface area (Å²) < 4.78 is 14.1. The van der Waals surface area contributed by atoms with E-state index >= 15 is 0 Å². The molecule has 3 aromatic carbocycles. The quantitative estimate of drug-likeness (QED) is 0.470. The molecular weight excluding hydrogens is 331 g/mol. The lowest BCUT2D eigenvalue weighted by Crippen LogP contribution is -2.22. The minimum absolute atomic E-state index is 0.199. The van der Waals surface area contributed by atoms with Crippen molar-refractivity contribution in [3.8, 4) is 0 Å². The molecule has 0 nitrogen and oxygen atoms in total. The van der Waals surface area contributed by atoms with Crippen LogP contribution in [0.15, 0.2) is 54.6 Å². The van der Waals surface area contributed by atoms with Crippen molar-refractivity contribution in [3.63, 3.8) is 0 Å². The standard InChI is InChI=1S/C23H22ClF/c1-2-5-16-9-11-19-18-7-4-3-6-15(18)8-12-20(19)23(16)17-10-13-21(24)22(25)14-17/h3-4,6-8,10,12-14,16,23H,2,5,9,11H2,1H3/t16-,23-/m1/s1. The van der Waals surface area contributed by atoms with Crippen LogP contribution in [0, 0.1) is 11.7 Å². The van der Waals surface area contributed by atoms with E-state index in [1.807, 2.05) is 6.07 Å². The Bertz CT molecular complexity index is 915. The second kappa shape index (κ2) is 6.80. The van der Waals surface area contributed by atoms with Gasteiger partial charge in [-0.15, -0.1) is 0 Å². The number of fused-ring (bicyclic) bond motifs is 3. The molecule has 0 amide bonds. The van der Waals surface area contributed by atoms with Crippen molar-refractivity contribution in [3.05, 3.63) is 82.1 Å². The highest BCUT2D eigenvalue weighted by Gasteiger charge is 2.31. The predicted molar refractivity (Wildman–Crippen MR) is 104 cm³/mol. The average Bonchev–Trinajstić information content (AvgIpc) is 2.64. The summed E-state index contributed by atoms with van der Waals surface area (Å²) in [4.78, 5) is 0. The first-order chi connectivity index (χ1) is 12.2. The summed E-state index contributed by atoms with van der Waals surface area (Å²) in [7, 11) is 0. The van der Waals surface area contributed by atoms with Crippen LogP contribution in [0.3, 0.4) is 0 Å². The van der Waals surface area contributed by atoms with Crippen LogP contribution in [0.1, 0.15) is 48.8 Å². The van der Waals surface area contributed by atoms with Gasteiger partial charge in [0.15, 0.2) is 0 Å². The summed E-state index contributed by atoms with van der Waals surface area (Å²) in [6.07, 6.45) is 4.58. The van der Waals surface area contributed by atoms with E-state index in [1.54, 1.807) is 12.1 Å². The Balaban J connectivity index is 1.90. The average molecular weight is 353 g/mol. The zero-order valence-electron chi connectivity index (χ0n) is 14.4. The highest BCUT2D eigenvalue weighted by molar-refractivity contribution is 6.30.